The smallest absolute Gasteiger partial charge is 0.120 e. The molecule has 102 valence electrons. The van der Waals surface area contributed by atoms with Crippen LogP contribution in [0.3, 0.4) is 0 Å². The summed E-state index contributed by atoms with van der Waals surface area (Å²) in [7, 11) is 4.16. The van der Waals surface area contributed by atoms with Gasteiger partial charge in [-0.2, -0.15) is 0 Å². The van der Waals surface area contributed by atoms with Gasteiger partial charge in [-0.05, 0) is 53.4 Å². The number of hydrogen-bond donors (Lipinski definition) is 2. The average Bonchev–Trinajstić information content (AvgIpc) is 2.25. The molecule has 0 saturated heterocycles. The molecule has 1 aromatic rings. The summed E-state index contributed by atoms with van der Waals surface area (Å²) in [6.07, 6.45) is 0. The predicted octanol–water partition coefficient (Wildman–Crippen LogP) is 2.69. The number of benzene rings is 1. The molecule has 18 heavy (non-hydrogen) atoms. The Morgan fingerprint density at radius 2 is 1.94 bits per heavy atom. The molecule has 1 aromatic carbocycles. The van der Waals surface area contributed by atoms with Gasteiger partial charge < -0.3 is 15.3 Å². The van der Waals surface area contributed by atoms with E-state index in [1.54, 1.807) is 0 Å². The lowest BCUT2D eigenvalue weighted by Crippen LogP contribution is -2.47. The minimum Gasteiger partial charge on any atom is -0.508 e. The van der Waals surface area contributed by atoms with Crippen LogP contribution in [0.15, 0.2) is 18.2 Å². The zero-order valence-electron chi connectivity index (χ0n) is 12.4. The number of aromatic hydroxyl groups is 1. The fraction of sp³-hybridized carbons (Fsp3) is 0.600. The third kappa shape index (κ3) is 3.72. The van der Waals surface area contributed by atoms with Crippen molar-refractivity contribution in [3.8, 4) is 5.75 Å². The summed E-state index contributed by atoms with van der Waals surface area (Å²) in [5.74, 6) is 0.373. The van der Waals surface area contributed by atoms with Crippen molar-refractivity contribution in [2.75, 3.05) is 20.6 Å². The molecule has 3 heteroatoms. The third-order valence-electron chi connectivity index (χ3n) is 3.70. The molecule has 1 atom stereocenters. The second-order valence-electron chi connectivity index (χ2n) is 5.87. The van der Waals surface area contributed by atoms with Crippen molar-refractivity contribution in [3.05, 3.63) is 29.3 Å². The van der Waals surface area contributed by atoms with Gasteiger partial charge in [-0.25, -0.2) is 0 Å². The van der Waals surface area contributed by atoms with Crippen LogP contribution in [0.4, 0.5) is 0 Å². The zero-order chi connectivity index (χ0) is 13.9. The van der Waals surface area contributed by atoms with E-state index in [4.69, 9.17) is 0 Å². The van der Waals surface area contributed by atoms with Gasteiger partial charge in [-0.1, -0.05) is 12.1 Å². The predicted molar refractivity (Wildman–Crippen MR) is 77.0 cm³/mol. The topological polar surface area (TPSA) is 35.5 Å². The molecule has 1 rings (SSSR count). The van der Waals surface area contributed by atoms with Gasteiger partial charge in [0.2, 0.25) is 0 Å². The number of phenols is 1. The molecule has 0 fully saturated rings. The van der Waals surface area contributed by atoms with Crippen molar-refractivity contribution in [2.24, 2.45) is 0 Å². The Morgan fingerprint density at radius 1 is 1.33 bits per heavy atom. The molecular weight excluding hydrogens is 224 g/mol. The molecule has 0 amide bonds. The first kappa shape index (κ1) is 15.0. The molecule has 2 N–H and O–H groups in total. The second kappa shape index (κ2) is 5.72. The highest BCUT2D eigenvalue weighted by Gasteiger charge is 2.21. The molecule has 0 bridgehead atoms. The van der Waals surface area contributed by atoms with Crippen molar-refractivity contribution in [2.45, 2.75) is 39.3 Å². The summed E-state index contributed by atoms with van der Waals surface area (Å²) in [5, 5.41) is 13.4. The summed E-state index contributed by atoms with van der Waals surface area (Å²) < 4.78 is 0. The first-order chi connectivity index (χ1) is 8.24. The van der Waals surface area contributed by atoms with Crippen LogP contribution in [0.1, 0.15) is 37.9 Å². The molecule has 1 unspecified atom stereocenters. The van der Waals surface area contributed by atoms with E-state index < -0.39 is 0 Å². The van der Waals surface area contributed by atoms with Crippen molar-refractivity contribution in [1.82, 2.24) is 10.2 Å². The molecule has 0 radical (unpaired) electrons. The highest BCUT2D eigenvalue weighted by Crippen LogP contribution is 2.25. The molecule has 0 saturated carbocycles. The van der Waals surface area contributed by atoms with Crippen molar-refractivity contribution >= 4 is 0 Å². The number of hydrogen-bond acceptors (Lipinski definition) is 3. The first-order valence-corrected chi connectivity index (χ1v) is 6.44. The van der Waals surface area contributed by atoms with Gasteiger partial charge >= 0.3 is 0 Å². The highest BCUT2D eigenvalue weighted by molar-refractivity contribution is 5.37. The molecule has 0 aliphatic heterocycles. The second-order valence-corrected chi connectivity index (χ2v) is 5.87. The van der Waals surface area contributed by atoms with Gasteiger partial charge in [0.15, 0.2) is 0 Å². The molecule has 0 aliphatic rings. The van der Waals surface area contributed by atoms with E-state index in [0.717, 1.165) is 17.7 Å². The zero-order valence-corrected chi connectivity index (χ0v) is 12.4. The fourth-order valence-electron chi connectivity index (χ4n) is 1.69. The van der Waals surface area contributed by atoms with Crippen molar-refractivity contribution < 1.29 is 5.11 Å². The summed E-state index contributed by atoms with van der Waals surface area (Å²) >= 11 is 0. The Hall–Kier alpha value is -1.06. The van der Waals surface area contributed by atoms with E-state index in [1.807, 2.05) is 25.1 Å². The molecular formula is C15H26N2O. The van der Waals surface area contributed by atoms with E-state index in [9.17, 15) is 5.11 Å². The van der Waals surface area contributed by atoms with Crippen LogP contribution in [-0.4, -0.2) is 36.2 Å². The van der Waals surface area contributed by atoms with Crippen LogP contribution in [0.5, 0.6) is 5.75 Å². The number of nitrogens with one attached hydrogen (secondary N) is 1. The number of phenolic OH excluding ortho intramolecular Hbond substituents is 1. The van der Waals surface area contributed by atoms with E-state index >= 15 is 0 Å². The van der Waals surface area contributed by atoms with E-state index in [1.165, 1.54) is 0 Å². The standard InChI is InChI=1S/C15H26N2O/c1-11-7-8-13(14(18)9-11)12(2)16-10-15(3,4)17(5)6/h7-9,12,16,18H,10H2,1-6H3. The maximum Gasteiger partial charge on any atom is 0.120 e. The lowest BCUT2D eigenvalue weighted by Gasteiger charge is -2.34. The van der Waals surface area contributed by atoms with Crippen molar-refractivity contribution in [3.63, 3.8) is 0 Å². The molecule has 0 heterocycles. The summed E-state index contributed by atoms with van der Waals surface area (Å²) in [5.41, 5.74) is 2.13. The lowest BCUT2D eigenvalue weighted by molar-refractivity contribution is 0.185. The quantitative estimate of drug-likeness (QED) is 0.843. The van der Waals surface area contributed by atoms with Crippen LogP contribution < -0.4 is 5.32 Å². The van der Waals surface area contributed by atoms with E-state index in [0.29, 0.717) is 5.75 Å². The number of rotatable bonds is 5. The van der Waals surface area contributed by atoms with Crippen LogP contribution in [-0.2, 0) is 0 Å². The van der Waals surface area contributed by atoms with Gasteiger partial charge in [-0.3, -0.25) is 0 Å². The average molecular weight is 250 g/mol. The maximum absolute atomic E-state index is 9.95. The lowest BCUT2D eigenvalue weighted by atomic mass is 10.0. The van der Waals surface area contributed by atoms with Crippen molar-refractivity contribution in [1.29, 1.82) is 0 Å². The Bertz CT molecular complexity index is 399. The third-order valence-corrected chi connectivity index (χ3v) is 3.70. The maximum atomic E-state index is 9.95. The Balaban J connectivity index is 2.69. The first-order valence-electron chi connectivity index (χ1n) is 6.44. The Labute approximate surface area is 111 Å². The summed E-state index contributed by atoms with van der Waals surface area (Å²) in [6.45, 7) is 9.32. The number of nitrogens with zero attached hydrogens (tertiary/aromatic N) is 1. The van der Waals surface area contributed by atoms with E-state index in [-0.39, 0.29) is 11.6 Å². The minimum absolute atomic E-state index is 0.0918. The summed E-state index contributed by atoms with van der Waals surface area (Å²) in [6, 6.07) is 5.98. The number of likely N-dealkylation sites (N-methyl/N-ethyl adjacent to an activating group) is 1. The Kier molecular flexibility index (Phi) is 4.77. The largest absolute Gasteiger partial charge is 0.508 e. The molecule has 0 aromatic heterocycles. The van der Waals surface area contributed by atoms with Gasteiger partial charge in [-0.15, -0.1) is 0 Å². The van der Waals surface area contributed by atoms with Crippen LogP contribution in [0.25, 0.3) is 0 Å². The molecule has 3 nitrogen and oxygen atoms in total. The van der Waals surface area contributed by atoms with Gasteiger partial charge in [0.1, 0.15) is 5.75 Å². The SMILES string of the molecule is Cc1ccc(C(C)NCC(C)(C)N(C)C)c(O)c1. The van der Waals surface area contributed by atoms with Gasteiger partial charge in [0.25, 0.3) is 0 Å². The van der Waals surface area contributed by atoms with Crippen LogP contribution in [0, 0.1) is 6.92 Å². The van der Waals surface area contributed by atoms with Gasteiger partial charge in [0.05, 0.1) is 0 Å². The Morgan fingerprint density at radius 3 is 2.44 bits per heavy atom. The fourth-order valence-corrected chi connectivity index (χ4v) is 1.69. The molecule has 0 aliphatic carbocycles. The van der Waals surface area contributed by atoms with Crippen LogP contribution >= 0.6 is 0 Å². The van der Waals surface area contributed by atoms with Crippen LogP contribution in [0.2, 0.25) is 0 Å². The monoisotopic (exact) mass is 250 g/mol. The van der Waals surface area contributed by atoms with E-state index in [2.05, 4.69) is 45.1 Å². The minimum atomic E-state index is 0.0918. The van der Waals surface area contributed by atoms with Gasteiger partial charge in [0, 0.05) is 23.7 Å². The summed E-state index contributed by atoms with van der Waals surface area (Å²) in [4.78, 5) is 2.20. The number of aryl methyl sites for hydroxylation is 1. The normalized spacial score (nSPS) is 13.9. The molecule has 0 spiro atoms. The highest BCUT2D eigenvalue weighted by atomic mass is 16.3.